The third kappa shape index (κ3) is 3.62. The van der Waals surface area contributed by atoms with Crippen molar-refractivity contribution >= 4 is 62.1 Å². The van der Waals surface area contributed by atoms with E-state index in [-0.39, 0.29) is 10.0 Å². The lowest BCUT2D eigenvalue weighted by Crippen LogP contribution is -2.37. The Bertz CT molecular complexity index is 1520. The van der Waals surface area contributed by atoms with Crippen molar-refractivity contribution in [2.45, 2.75) is 12.1 Å². The van der Waals surface area contributed by atoms with Crippen LogP contribution in [0.3, 0.4) is 0 Å². The van der Waals surface area contributed by atoms with E-state index in [1.807, 2.05) is 48.5 Å². The molecular formula is C26H17BrClN3O4S. The lowest BCUT2D eigenvalue weighted by atomic mass is 9.95. The van der Waals surface area contributed by atoms with Gasteiger partial charge in [0.2, 0.25) is 5.91 Å². The fourth-order valence-corrected chi connectivity index (χ4v) is 6.41. The molecule has 0 aliphatic carbocycles. The molecule has 2 amide bonds. The van der Waals surface area contributed by atoms with Gasteiger partial charge in [-0.2, -0.15) is 0 Å². The predicted octanol–water partition coefficient (Wildman–Crippen LogP) is 5.37. The number of carbonyl (C=O) groups is 2. The van der Waals surface area contributed by atoms with Crippen molar-refractivity contribution in [1.82, 2.24) is 4.57 Å². The van der Waals surface area contributed by atoms with Crippen molar-refractivity contribution in [3.8, 4) is 5.69 Å². The number of benzene rings is 3. The number of para-hydroxylation sites is 2. The summed E-state index contributed by atoms with van der Waals surface area (Å²) in [5.74, 6) is -1.75. The number of fused-ring (bicyclic) bond motifs is 1. The number of nitrogens with zero attached hydrogens (tertiary/aromatic N) is 3. The van der Waals surface area contributed by atoms with Crippen LogP contribution in [-0.2, 0) is 14.4 Å². The zero-order chi connectivity index (χ0) is 25.0. The zero-order valence-corrected chi connectivity index (χ0v) is 21.6. The molecule has 3 heterocycles. The van der Waals surface area contributed by atoms with Crippen molar-refractivity contribution < 1.29 is 14.4 Å². The lowest BCUT2D eigenvalue weighted by Gasteiger charge is -2.28. The van der Waals surface area contributed by atoms with E-state index in [9.17, 15) is 14.4 Å². The van der Waals surface area contributed by atoms with Crippen molar-refractivity contribution in [1.29, 1.82) is 0 Å². The summed E-state index contributed by atoms with van der Waals surface area (Å²) in [6, 6.07) is 24.4. The maximum Gasteiger partial charge on any atom is 0.313 e. The van der Waals surface area contributed by atoms with E-state index in [2.05, 4.69) is 15.9 Å². The molecule has 0 bridgehead atoms. The van der Waals surface area contributed by atoms with Crippen LogP contribution in [0.15, 0.2) is 94.2 Å². The average Bonchev–Trinajstić information content (AvgIpc) is 3.50. The molecule has 3 aromatic carbocycles. The molecule has 0 N–H and O–H groups in total. The summed E-state index contributed by atoms with van der Waals surface area (Å²) in [7, 11) is 0. The largest absolute Gasteiger partial charge is 0.313 e. The molecule has 0 unspecified atom stereocenters. The number of amides is 2. The van der Waals surface area contributed by atoms with Crippen LogP contribution in [-0.4, -0.2) is 22.5 Å². The second-order valence-electron chi connectivity index (χ2n) is 8.34. The standard InChI is InChI=1S/C26H17BrClN3O4S/c27-15-11-13-17(14-12-15)30-24(32)19-20(31(35-21(19)25(30)33)18-9-5-2-6-10-18)22-23(28)29(26(34)36-22)16-7-3-1-4-8-16/h1-14,19-21H/t19-,20+,21+/m0/s1. The zero-order valence-electron chi connectivity index (χ0n) is 18.5. The van der Waals surface area contributed by atoms with Gasteiger partial charge in [-0.3, -0.25) is 23.8 Å². The van der Waals surface area contributed by atoms with Gasteiger partial charge in [0.15, 0.2) is 6.10 Å². The van der Waals surface area contributed by atoms with Crippen molar-refractivity contribution in [2.75, 3.05) is 9.96 Å². The van der Waals surface area contributed by atoms with Crippen LogP contribution in [0, 0.1) is 5.92 Å². The summed E-state index contributed by atoms with van der Waals surface area (Å²) in [5.41, 5.74) is 1.72. The van der Waals surface area contributed by atoms with E-state index in [1.165, 1.54) is 9.63 Å². The third-order valence-corrected chi connectivity index (χ3v) is 8.30. The Balaban J connectivity index is 1.48. The van der Waals surface area contributed by atoms with E-state index < -0.39 is 29.9 Å². The molecule has 3 atom stereocenters. The lowest BCUT2D eigenvalue weighted by molar-refractivity contribution is -0.126. The Kier molecular flexibility index (Phi) is 5.80. The minimum atomic E-state index is -1.05. The molecule has 2 aliphatic rings. The van der Waals surface area contributed by atoms with E-state index in [4.69, 9.17) is 16.4 Å². The highest BCUT2D eigenvalue weighted by atomic mass is 79.9. The summed E-state index contributed by atoms with van der Waals surface area (Å²) in [5, 5.41) is 1.73. The van der Waals surface area contributed by atoms with Crippen molar-refractivity contribution in [3.63, 3.8) is 0 Å². The fraction of sp³-hybridized carbons (Fsp3) is 0.115. The molecule has 1 aromatic heterocycles. The molecule has 4 aromatic rings. The van der Waals surface area contributed by atoms with Crippen LogP contribution in [0.25, 0.3) is 5.69 Å². The van der Waals surface area contributed by atoms with Crippen molar-refractivity contribution in [2.24, 2.45) is 5.92 Å². The van der Waals surface area contributed by atoms with Gasteiger partial charge in [0.25, 0.3) is 5.91 Å². The van der Waals surface area contributed by atoms with E-state index >= 15 is 0 Å². The van der Waals surface area contributed by atoms with Crippen LogP contribution >= 0.6 is 38.9 Å². The number of hydrogen-bond donors (Lipinski definition) is 0. The third-order valence-electron chi connectivity index (χ3n) is 6.27. The van der Waals surface area contributed by atoms with Gasteiger partial charge >= 0.3 is 4.87 Å². The minimum Gasteiger partial charge on any atom is -0.273 e. The summed E-state index contributed by atoms with van der Waals surface area (Å²) >= 11 is 11.1. The van der Waals surface area contributed by atoms with Crippen LogP contribution in [0.5, 0.6) is 0 Å². The molecule has 0 saturated carbocycles. The quantitative estimate of drug-likeness (QED) is 0.303. The van der Waals surface area contributed by atoms with Gasteiger partial charge in [-0.1, -0.05) is 75.3 Å². The number of hydrogen-bond acceptors (Lipinski definition) is 6. The molecule has 2 fully saturated rings. The summed E-state index contributed by atoms with van der Waals surface area (Å²) in [6.07, 6.45) is -1.05. The van der Waals surface area contributed by atoms with Gasteiger partial charge in [-0.25, -0.2) is 9.96 Å². The number of aromatic nitrogens is 1. The first kappa shape index (κ1) is 23.2. The number of carbonyl (C=O) groups excluding carboxylic acids is 2. The monoisotopic (exact) mass is 581 g/mol. The topological polar surface area (TPSA) is 71.8 Å². The van der Waals surface area contributed by atoms with Gasteiger partial charge in [-0.15, -0.1) is 0 Å². The molecule has 2 aliphatic heterocycles. The Morgan fingerprint density at radius 1 is 0.778 bits per heavy atom. The molecule has 10 heteroatoms. The average molecular weight is 583 g/mol. The second-order valence-corrected chi connectivity index (χ2v) is 10.6. The smallest absolute Gasteiger partial charge is 0.273 e. The molecule has 0 spiro atoms. The highest BCUT2D eigenvalue weighted by Gasteiger charge is 2.61. The highest BCUT2D eigenvalue weighted by Crippen LogP contribution is 2.50. The Labute approximate surface area is 223 Å². The molecular weight excluding hydrogens is 566 g/mol. The summed E-state index contributed by atoms with van der Waals surface area (Å²) in [6.45, 7) is 0. The normalized spacial score (nSPS) is 21.3. The Hall–Kier alpha value is -3.24. The van der Waals surface area contributed by atoms with Crippen LogP contribution in [0.1, 0.15) is 10.9 Å². The van der Waals surface area contributed by atoms with Crippen LogP contribution in [0.2, 0.25) is 5.15 Å². The van der Waals surface area contributed by atoms with Gasteiger partial charge in [0, 0.05) is 4.47 Å². The first-order chi connectivity index (χ1) is 17.5. The Morgan fingerprint density at radius 3 is 2.03 bits per heavy atom. The van der Waals surface area contributed by atoms with E-state index in [1.54, 1.807) is 36.4 Å². The molecule has 36 heavy (non-hydrogen) atoms. The first-order valence-electron chi connectivity index (χ1n) is 11.1. The molecule has 6 rings (SSSR count). The fourth-order valence-electron chi connectivity index (χ4n) is 4.67. The number of halogens is 2. The first-order valence-corrected chi connectivity index (χ1v) is 13.1. The Morgan fingerprint density at radius 2 is 1.39 bits per heavy atom. The van der Waals surface area contributed by atoms with E-state index in [0.717, 1.165) is 20.7 Å². The second kappa shape index (κ2) is 9.01. The van der Waals surface area contributed by atoms with Gasteiger partial charge in [-0.05, 0) is 48.5 Å². The molecule has 7 nitrogen and oxygen atoms in total. The maximum absolute atomic E-state index is 13.8. The van der Waals surface area contributed by atoms with Gasteiger partial charge in [0.1, 0.15) is 17.1 Å². The molecule has 0 radical (unpaired) electrons. The van der Waals surface area contributed by atoms with Crippen LogP contribution in [0.4, 0.5) is 11.4 Å². The van der Waals surface area contributed by atoms with Crippen molar-refractivity contribution in [3.05, 3.63) is 109 Å². The number of imide groups is 1. The van der Waals surface area contributed by atoms with Gasteiger partial charge in [0.05, 0.1) is 21.9 Å². The highest BCUT2D eigenvalue weighted by molar-refractivity contribution is 9.10. The number of anilines is 2. The van der Waals surface area contributed by atoms with Crippen LogP contribution < -0.4 is 14.8 Å². The maximum atomic E-state index is 13.8. The predicted molar refractivity (Wildman–Crippen MR) is 142 cm³/mol. The summed E-state index contributed by atoms with van der Waals surface area (Å²) < 4.78 is 2.24. The van der Waals surface area contributed by atoms with E-state index in [0.29, 0.717) is 21.9 Å². The summed E-state index contributed by atoms with van der Waals surface area (Å²) in [4.78, 5) is 47.8. The SMILES string of the molecule is O=C1[C@@H]2[C@@H](ON(c3ccccc3)[C@H]2c2sc(=O)n(-c3ccccc3)c2Cl)C(=O)N1c1ccc(Br)cc1. The minimum absolute atomic E-state index is 0.189. The molecule has 180 valence electrons. The number of thiazole rings is 1. The van der Waals surface area contributed by atoms with Gasteiger partial charge < -0.3 is 0 Å². The number of rotatable bonds is 4. The molecule has 2 saturated heterocycles. The number of hydroxylamine groups is 1.